The summed E-state index contributed by atoms with van der Waals surface area (Å²) in [5.74, 6) is -1.57. The second-order valence-electron chi connectivity index (χ2n) is 3.31. The molecule has 0 aromatic rings. The zero-order valence-electron chi connectivity index (χ0n) is 9.16. The van der Waals surface area contributed by atoms with Gasteiger partial charge in [-0.3, -0.25) is 14.4 Å². The fraction of sp³-hybridized carbons (Fsp3) is 0.667. The first kappa shape index (κ1) is 14.4. The van der Waals surface area contributed by atoms with Crippen molar-refractivity contribution in [3.05, 3.63) is 0 Å². The summed E-state index contributed by atoms with van der Waals surface area (Å²) in [7, 11) is 0. The monoisotopic (exact) mass is 231 g/mol. The molecule has 5 N–H and O–H groups in total. The van der Waals surface area contributed by atoms with Gasteiger partial charge in [-0.25, -0.2) is 0 Å². The predicted molar refractivity (Wildman–Crippen MR) is 56.5 cm³/mol. The molecule has 92 valence electrons. The van der Waals surface area contributed by atoms with Gasteiger partial charge in [-0.2, -0.15) is 0 Å². The van der Waals surface area contributed by atoms with Gasteiger partial charge < -0.3 is 21.5 Å². The van der Waals surface area contributed by atoms with E-state index in [0.29, 0.717) is 6.54 Å². The largest absolute Gasteiger partial charge is 0.481 e. The highest BCUT2D eigenvalue weighted by molar-refractivity contribution is 5.82. The Kier molecular flexibility index (Phi) is 6.86. The number of nitrogens with two attached hydrogens (primary N) is 1. The van der Waals surface area contributed by atoms with E-state index in [-0.39, 0.29) is 25.3 Å². The third kappa shape index (κ3) is 7.74. The molecule has 0 radical (unpaired) electrons. The highest BCUT2D eigenvalue weighted by atomic mass is 16.4. The van der Waals surface area contributed by atoms with Crippen LogP contribution in [0.4, 0.5) is 0 Å². The molecule has 0 saturated carbocycles. The highest BCUT2D eigenvalue weighted by Crippen LogP contribution is 1.94. The van der Waals surface area contributed by atoms with Crippen molar-refractivity contribution in [2.75, 3.05) is 13.1 Å². The first-order valence-corrected chi connectivity index (χ1v) is 4.93. The SMILES string of the molecule is CC(=O)NCCNC(=O)C(N)CCC(=O)O. The molecule has 0 spiro atoms. The first-order chi connectivity index (χ1) is 7.43. The molecule has 0 aliphatic heterocycles. The third-order valence-corrected chi connectivity index (χ3v) is 1.80. The molecule has 0 saturated heterocycles. The van der Waals surface area contributed by atoms with E-state index in [2.05, 4.69) is 10.6 Å². The van der Waals surface area contributed by atoms with Gasteiger partial charge in [0, 0.05) is 26.4 Å². The molecule has 0 aromatic heterocycles. The average molecular weight is 231 g/mol. The standard InChI is InChI=1S/C9H17N3O4/c1-6(13)11-4-5-12-9(16)7(10)2-3-8(14)15/h7H,2-5,10H2,1H3,(H,11,13)(H,12,16)(H,14,15). The van der Waals surface area contributed by atoms with Crippen molar-refractivity contribution in [2.24, 2.45) is 5.73 Å². The summed E-state index contributed by atoms with van der Waals surface area (Å²) in [6.07, 6.45) is -0.0401. The molecule has 0 heterocycles. The molecule has 16 heavy (non-hydrogen) atoms. The maximum Gasteiger partial charge on any atom is 0.303 e. The Balaban J connectivity index is 3.62. The normalized spacial score (nSPS) is 11.6. The number of hydrogen-bond donors (Lipinski definition) is 4. The molecule has 1 atom stereocenters. The minimum absolute atomic E-state index is 0.0985. The lowest BCUT2D eigenvalue weighted by Crippen LogP contribution is -2.43. The number of carboxylic acids is 1. The van der Waals surface area contributed by atoms with E-state index in [4.69, 9.17) is 10.8 Å². The lowest BCUT2D eigenvalue weighted by Gasteiger charge is -2.11. The van der Waals surface area contributed by atoms with Gasteiger partial charge in [0.25, 0.3) is 0 Å². The van der Waals surface area contributed by atoms with Gasteiger partial charge in [0.1, 0.15) is 0 Å². The summed E-state index contributed by atoms with van der Waals surface area (Å²) in [6, 6.07) is -0.826. The summed E-state index contributed by atoms with van der Waals surface area (Å²) in [5.41, 5.74) is 5.44. The van der Waals surface area contributed by atoms with Crippen LogP contribution in [0.25, 0.3) is 0 Å². The fourth-order valence-corrected chi connectivity index (χ4v) is 0.965. The van der Waals surface area contributed by atoms with E-state index in [9.17, 15) is 14.4 Å². The lowest BCUT2D eigenvalue weighted by atomic mass is 10.1. The van der Waals surface area contributed by atoms with Crippen LogP contribution in [0.2, 0.25) is 0 Å². The van der Waals surface area contributed by atoms with E-state index in [1.807, 2.05) is 0 Å². The molecule has 0 aliphatic rings. The van der Waals surface area contributed by atoms with Crippen LogP contribution in [0, 0.1) is 0 Å². The van der Waals surface area contributed by atoms with Crippen molar-refractivity contribution in [3.8, 4) is 0 Å². The van der Waals surface area contributed by atoms with Crippen LogP contribution in [0.15, 0.2) is 0 Å². The van der Waals surface area contributed by atoms with Crippen LogP contribution in [-0.4, -0.2) is 42.0 Å². The molecule has 1 unspecified atom stereocenters. The topological polar surface area (TPSA) is 122 Å². The van der Waals surface area contributed by atoms with Crippen LogP contribution >= 0.6 is 0 Å². The van der Waals surface area contributed by atoms with Gasteiger partial charge in [0.2, 0.25) is 11.8 Å². The summed E-state index contributed by atoms with van der Waals surface area (Å²) in [4.78, 5) is 32.0. The number of carbonyl (C=O) groups is 3. The number of aliphatic carboxylic acids is 1. The number of carbonyl (C=O) groups excluding carboxylic acids is 2. The minimum atomic E-state index is -0.985. The molecule has 7 heteroatoms. The molecule has 0 fully saturated rings. The molecular weight excluding hydrogens is 214 g/mol. The summed E-state index contributed by atoms with van der Waals surface area (Å²) in [6.45, 7) is 1.98. The number of nitrogens with one attached hydrogen (secondary N) is 2. The quantitative estimate of drug-likeness (QED) is 0.394. The molecule has 2 amide bonds. The Morgan fingerprint density at radius 2 is 1.81 bits per heavy atom. The fourth-order valence-electron chi connectivity index (χ4n) is 0.965. The lowest BCUT2D eigenvalue weighted by molar-refractivity contribution is -0.137. The molecule has 0 aromatic carbocycles. The third-order valence-electron chi connectivity index (χ3n) is 1.80. The van der Waals surface area contributed by atoms with Gasteiger partial charge in [-0.15, -0.1) is 0 Å². The van der Waals surface area contributed by atoms with Crippen molar-refractivity contribution in [2.45, 2.75) is 25.8 Å². The van der Waals surface area contributed by atoms with Gasteiger partial charge >= 0.3 is 5.97 Å². The van der Waals surface area contributed by atoms with Gasteiger partial charge in [0.15, 0.2) is 0 Å². The van der Waals surface area contributed by atoms with E-state index in [1.54, 1.807) is 0 Å². The number of carboxylic acid groups (broad SMARTS) is 1. The number of rotatable bonds is 7. The first-order valence-electron chi connectivity index (χ1n) is 4.93. The van der Waals surface area contributed by atoms with Crippen LogP contribution in [0.3, 0.4) is 0 Å². The van der Waals surface area contributed by atoms with Crippen LogP contribution in [0.5, 0.6) is 0 Å². The van der Waals surface area contributed by atoms with E-state index in [1.165, 1.54) is 6.92 Å². The highest BCUT2D eigenvalue weighted by Gasteiger charge is 2.13. The Labute approximate surface area is 93.4 Å². The van der Waals surface area contributed by atoms with E-state index >= 15 is 0 Å². The zero-order valence-corrected chi connectivity index (χ0v) is 9.16. The average Bonchev–Trinajstić information content (AvgIpc) is 2.20. The summed E-state index contributed by atoms with van der Waals surface area (Å²) in [5, 5.41) is 13.4. The van der Waals surface area contributed by atoms with E-state index in [0.717, 1.165) is 0 Å². The van der Waals surface area contributed by atoms with Crippen molar-refractivity contribution >= 4 is 17.8 Å². The van der Waals surface area contributed by atoms with Gasteiger partial charge in [-0.05, 0) is 6.42 Å². The van der Waals surface area contributed by atoms with Gasteiger partial charge in [0.05, 0.1) is 6.04 Å². The molecule has 0 rings (SSSR count). The summed E-state index contributed by atoms with van der Waals surface area (Å²) >= 11 is 0. The Bertz CT molecular complexity index is 267. The van der Waals surface area contributed by atoms with Crippen molar-refractivity contribution < 1.29 is 19.5 Å². The molecular formula is C9H17N3O4. The van der Waals surface area contributed by atoms with Crippen molar-refractivity contribution in [1.29, 1.82) is 0 Å². The van der Waals surface area contributed by atoms with E-state index < -0.39 is 17.9 Å². The Morgan fingerprint density at radius 1 is 1.25 bits per heavy atom. The second-order valence-corrected chi connectivity index (χ2v) is 3.31. The number of amides is 2. The predicted octanol–water partition coefficient (Wildman–Crippen LogP) is -1.57. The maximum absolute atomic E-state index is 11.3. The Morgan fingerprint density at radius 3 is 2.31 bits per heavy atom. The minimum Gasteiger partial charge on any atom is -0.481 e. The van der Waals surface area contributed by atoms with Crippen LogP contribution < -0.4 is 16.4 Å². The second kappa shape index (κ2) is 7.63. The summed E-state index contributed by atoms with van der Waals surface area (Å²) < 4.78 is 0. The van der Waals surface area contributed by atoms with Gasteiger partial charge in [-0.1, -0.05) is 0 Å². The number of hydrogen-bond acceptors (Lipinski definition) is 4. The maximum atomic E-state index is 11.3. The molecule has 7 nitrogen and oxygen atoms in total. The van der Waals surface area contributed by atoms with Crippen molar-refractivity contribution in [3.63, 3.8) is 0 Å². The Hall–Kier alpha value is -1.63. The smallest absolute Gasteiger partial charge is 0.303 e. The van der Waals surface area contributed by atoms with Crippen LogP contribution in [-0.2, 0) is 14.4 Å². The van der Waals surface area contributed by atoms with Crippen molar-refractivity contribution in [1.82, 2.24) is 10.6 Å². The van der Waals surface area contributed by atoms with Crippen LogP contribution in [0.1, 0.15) is 19.8 Å². The zero-order chi connectivity index (χ0) is 12.6. The molecule has 0 aliphatic carbocycles. The molecule has 0 bridgehead atoms.